The summed E-state index contributed by atoms with van der Waals surface area (Å²) < 4.78 is 5.88. The van der Waals surface area contributed by atoms with Crippen molar-refractivity contribution in [3.05, 3.63) is 78.2 Å². The molecule has 0 aliphatic rings. The fourth-order valence-electron chi connectivity index (χ4n) is 2.87. The Bertz CT molecular complexity index is 1180. The monoisotopic (exact) mass is 385 g/mol. The van der Waals surface area contributed by atoms with Crippen LogP contribution in [-0.4, -0.2) is 20.9 Å². The summed E-state index contributed by atoms with van der Waals surface area (Å²) in [7, 11) is 0. The van der Waals surface area contributed by atoms with Crippen LogP contribution in [0, 0.1) is 0 Å². The molecule has 4 rings (SSSR count). The Morgan fingerprint density at radius 1 is 1.03 bits per heavy atom. The van der Waals surface area contributed by atoms with Gasteiger partial charge in [0.2, 0.25) is 5.88 Å². The number of aromatic nitrogens is 3. The van der Waals surface area contributed by atoms with Gasteiger partial charge < -0.3 is 15.8 Å². The molecule has 3 N–H and O–H groups in total. The average molecular weight is 385 g/mol. The summed E-state index contributed by atoms with van der Waals surface area (Å²) in [5, 5.41) is 3.53. The molecule has 0 saturated carbocycles. The second kappa shape index (κ2) is 7.93. The van der Waals surface area contributed by atoms with Crippen LogP contribution in [0.5, 0.6) is 11.6 Å². The first-order valence-electron chi connectivity index (χ1n) is 9.17. The second-order valence-corrected chi connectivity index (χ2v) is 6.44. The molecule has 1 amide bonds. The molecule has 2 aromatic carbocycles. The zero-order valence-corrected chi connectivity index (χ0v) is 15.8. The normalized spacial score (nSPS) is 10.7. The van der Waals surface area contributed by atoms with Gasteiger partial charge >= 0.3 is 0 Å². The van der Waals surface area contributed by atoms with E-state index in [1.165, 1.54) is 6.33 Å². The molecule has 7 heteroatoms. The Morgan fingerprint density at radius 2 is 1.86 bits per heavy atom. The SMILES string of the molecule is CCc1ccnc(NC(=O)c2ccc(Oc3ncnc4ccc(N)cc34)cc2)c1. The summed E-state index contributed by atoms with van der Waals surface area (Å²) in [4.78, 5) is 25.1. The summed E-state index contributed by atoms with van der Waals surface area (Å²) in [5.74, 6) is 1.24. The van der Waals surface area contributed by atoms with Crippen molar-refractivity contribution >= 4 is 28.3 Å². The van der Waals surface area contributed by atoms with Gasteiger partial charge in [-0.25, -0.2) is 15.0 Å². The number of amides is 1. The number of aryl methyl sites for hydroxylation is 1. The van der Waals surface area contributed by atoms with Crippen LogP contribution in [0.15, 0.2) is 67.1 Å². The van der Waals surface area contributed by atoms with E-state index in [-0.39, 0.29) is 5.91 Å². The number of fused-ring (bicyclic) bond motifs is 1. The predicted molar refractivity (Wildman–Crippen MR) is 112 cm³/mol. The molecule has 29 heavy (non-hydrogen) atoms. The number of rotatable bonds is 5. The van der Waals surface area contributed by atoms with Crippen molar-refractivity contribution in [2.75, 3.05) is 11.1 Å². The molecule has 4 aromatic rings. The Morgan fingerprint density at radius 3 is 2.66 bits per heavy atom. The van der Waals surface area contributed by atoms with Gasteiger partial charge in [-0.05, 0) is 66.6 Å². The summed E-state index contributed by atoms with van der Waals surface area (Å²) in [6.45, 7) is 2.05. The summed E-state index contributed by atoms with van der Waals surface area (Å²) in [6.07, 6.45) is 4.00. The lowest BCUT2D eigenvalue weighted by Crippen LogP contribution is -2.13. The lowest BCUT2D eigenvalue weighted by molar-refractivity contribution is 0.102. The number of ether oxygens (including phenoxy) is 1. The van der Waals surface area contributed by atoms with Gasteiger partial charge in [-0.1, -0.05) is 6.92 Å². The molecule has 0 aliphatic carbocycles. The number of nitrogens with one attached hydrogen (secondary N) is 1. The van der Waals surface area contributed by atoms with Gasteiger partial charge in [-0.2, -0.15) is 0 Å². The Balaban J connectivity index is 1.51. The molecule has 0 unspecified atom stereocenters. The largest absolute Gasteiger partial charge is 0.438 e. The van der Waals surface area contributed by atoms with Crippen molar-refractivity contribution in [2.45, 2.75) is 13.3 Å². The highest BCUT2D eigenvalue weighted by molar-refractivity contribution is 6.03. The van der Waals surface area contributed by atoms with E-state index in [9.17, 15) is 4.79 Å². The zero-order chi connectivity index (χ0) is 20.2. The highest BCUT2D eigenvalue weighted by atomic mass is 16.5. The van der Waals surface area contributed by atoms with Gasteiger partial charge in [0, 0.05) is 17.4 Å². The van der Waals surface area contributed by atoms with Gasteiger partial charge in [0.1, 0.15) is 17.9 Å². The van der Waals surface area contributed by atoms with E-state index in [1.54, 1.807) is 42.6 Å². The van der Waals surface area contributed by atoms with Crippen molar-refractivity contribution in [3.8, 4) is 11.6 Å². The van der Waals surface area contributed by atoms with Crippen LogP contribution < -0.4 is 15.8 Å². The first-order valence-corrected chi connectivity index (χ1v) is 9.17. The molecule has 0 aliphatic heterocycles. The standard InChI is InChI=1S/C22H19N5O2/c1-2-14-9-10-24-20(11-14)27-21(28)15-3-6-17(7-4-15)29-22-18-12-16(23)5-8-19(18)25-13-26-22/h3-13H,2,23H2,1H3,(H,24,27,28). The van der Waals surface area contributed by atoms with Crippen molar-refractivity contribution < 1.29 is 9.53 Å². The minimum absolute atomic E-state index is 0.238. The number of nitrogens with zero attached hydrogens (tertiary/aromatic N) is 3. The number of pyridine rings is 1. The zero-order valence-electron chi connectivity index (χ0n) is 15.8. The van der Waals surface area contributed by atoms with Gasteiger partial charge in [-0.3, -0.25) is 4.79 Å². The highest BCUT2D eigenvalue weighted by Gasteiger charge is 2.10. The molecule has 0 spiro atoms. The minimum atomic E-state index is -0.238. The lowest BCUT2D eigenvalue weighted by Gasteiger charge is -2.09. The van der Waals surface area contributed by atoms with Crippen molar-refractivity contribution in [2.24, 2.45) is 0 Å². The van der Waals surface area contributed by atoms with E-state index >= 15 is 0 Å². The first kappa shape index (κ1) is 18.4. The molecular formula is C22H19N5O2. The summed E-state index contributed by atoms with van der Waals surface area (Å²) in [6, 6.07) is 15.9. The third-order valence-electron chi connectivity index (χ3n) is 4.43. The van der Waals surface area contributed by atoms with E-state index in [0.717, 1.165) is 22.9 Å². The minimum Gasteiger partial charge on any atom is -0.438 e. The van der Waals surface area contributed by atoms with Crippen LogP contribution in [-0.2, 0) is 6.42 Å². The van der Waals surface area contributed by atoms with E-state index in [1.807, 2.05) is 18.2 Å². The molecule has 144 valence electrons. The Kier molecular flexibility index (Phi) is 5.03. The summed E-state index contributed by atoms with van der Waals surface area (Å²) >= 11 is 0. The molecule has 0 atom stereocenters. The first-order chi connectivity index (χ1) is 14.1. The molecule has 0 fully saturated rings. The number of nitrogens with two attached hydrogens (primary N) is 1. The number of anilines is 2. The number of benzene rings is 2. The van der Waals surface area contributed by atoms with Gasteiger partial charge in [-0.15, -0.1) is 0 Å². The molecule has 7 nitrogen and oxygen atoms in total. The average Bonchev–Trinajstić information content (AvgIpc) is 2.75. The molecule has 2 aromatic heterocycles. The van der Waals surface area contributed by atoms with E-state index in [2.05, 4.69) is 27.2 Å². The van der Waals surface area contributed by atoms with Crippen LogP contribution >= 0.6 is 0 Å². The smallest absolute Gasteiger partial charge is 0.256 e. The lowest BCUT2D eigenvalue weighted by atomic mass is 10.2. The van der Waals surface area contributed by atoms with E-state index < -0.39 is 0 Å². The predicted octanol–water partition coefficient (Wildman–Crippen LogP) is 4.21. The quantitative estimate of drug-likeness (QED) is 0.499. The van der Waals surface area contributed by atoms with Gasteiger partial charge in [0.15, 0.2) is 0 Å². The molecule has 0 saturated heterocycles. The number of nitrogen functional groups attached to an aromatic ring is 1. The maximum absolute atomic E-state index is 12.5. The number of hydrogen-bond acceptors (Lipinski definition) is 6. The third-order valence-corrected chi connectivity index (χ3v) is 4.43. The highest BCUT2D eigenvalue weighted by Crippen LogP contribution is 2.28. The fraction of sp³-hybridized carbons (Fsp3) is 0.0909. The van der Waals surface area contributed by atoms with Crippen LogP contribution in [0.1, 0.15) is 22.8 Å². The number of carbonyl (C=O) groups excluding carboxylic acids is 1. The van der Waals surface area contributed by atoms with Crippen LogP contribution in [0.2, 0.25) is 0 Å². The van der Waals surface area contributed by atoms with Crippen LogP contribution in [0.25, 0.3) is 10.9 Å². The maximum Gasteiger partial charge on any atom is 0.256 e. The Labute approximate surface area is 167 Å². The third kappa shape index (κ3) is 4.14. The van der Waals surface area contributed by atoms with Crippen LogP contribution in [0.3, 0.4) is 0 Å². The summed E-state index contributed by atoms with van der Waals surface area (Å²) in [5.41, 5.74) is 8.81. The van der Waals surface area contributed by atoms with Gasteiger partial charge in [0.25, 0.3) is 5.91 Å². The molecule has 0 radical (unpaired) electrons. The maximum atomic E-state index is 12.5. The topological polar surface area (TPSA) is 103 Å². The second-order valence-electron chi connectivity index (χ2n) is 6.44. The van der Waals surface area contributed by atoms with Crippen molar-refractivity contribution in [1.29, 1.82) is 0 Å². The van der Waals surface area contributed by atoms with E-state index in [4.69, 9.17) is 10.5 Å². The van der Waals surface area contributed by atoms with Gasteiger partial charge in [0.05, 0.1) is 10.9 Å². The number of hydrogen-bond donors (Lipinski definition) is 2. The van der Waals surface area contributed by atoms with E-state index in [0.29, 0.717) is 28.7 Å². The fourth-order valence-corrected chi connectivity index (χ4v) is 2.87. The van der Waals surface area contributed by atoms with Crippen LogP contribution in [0.4, 0.5) is 11.5 Å². The molecule has 2 heterocycles. The van der Waals surface area contributed by atoms with Crippen molar-refractivity contribution in [1.82, 2.24) is 15.0 Å². The Hall–Kier alpha value is -4.00. The van der Waals surface area contributed by atoms with Crippen molar-refractivity contribution in [3.63, 3.8) is 0 Å². The molecular weight excluding hydrogens is 366 g/mol. The number of carbonyl (C=O) groups is 1. The molecule has 0 bridgehead atoms.